The molecule has 0 aliphatic rings. The maximum absolute atomic E-state index is 13.4. The molecule has 2 atom stereocenters. The Labute approximate surface area is 229 Å². The van der Waals surface area contributed by atoms with E-state index in [1.165, 1.54) is 18.2 Å². The van der Waals surface area contributed by atoms with Crippen molar-refractivity contribution in [1.82, 2.24) is 10.2 Å². The van der Waals surface area contributed by atoms with Crippen molar-refractivity contribution in [3.8, 4) is 0 Å². The van der Waals surface area contributed by atoms with Gasteiger partial charge in [0, 0.05) is 49.8 Å². The highest BCUT2D eigenvalue weighted by molar-refractivity contribution is 6.03. The first-order valence-electron chi connectivity index (χ1n) is 13.3. The molecule has 3 aromatic rings. The Balaban J connectivity index is 1.82. The van der Waals surface area contributed by atoms with Crippen molar-refractivity contribution < 1.29 is 23.5 Å². The van der Waals surface area contributed by atoms with Gasteiger partial charge in [-0.1, -0.05) is 44.2 Å². The summed E-state index contributed by atoms with van der Waals surface area (Å²) in [7, 11) is 0. The number of esters is 1. The number of hydrogen-bond acceptors (Lipinski definition) is 7. The van der Waals surface area contributed by atoms with E-state index in [-0.39, 0.29) is 29.1 Å². The third-order valence-corrected chi connectivity index (χ3v) is 6.24. The number of nitrogens with two attached hydrogens (primary N) is 2. The normalized spacial score (nSPS) is 12.5. The van der Waals surface area contributed by atoms with Crippen molar-refractivity contribution in [2.75, 3.05) is 19.6 Å². The van der Waals surface area contributed by atoms with Gasteiger partial charge in [-0.05, 0) is 48.7 Å². The van der Waals surface area contributed by atoms with Gasteiger partial charge in [-0.2, -0.15) is 0 Å². The Morgan fingerprint density at radius 1 is 0.949 bits per heavy atom. The van der Waals surface area contributed by atoms with E-state index in [1.54, 1.807) is 17.2 Å². The molecule has 9 nitrogen and oxygen atoms in total. The van der Waals surface area contributed by atoms with Gasteiger partial charge >= 0.3 is 5.97 Å². The van der Waals surface area contributed by atoms with Crippen molar-refractivity contribution in [2.24, 2.45) is 11.5 Å². The number of nitrogens with zero attached hydrogens (tertiary/aromatic N) is 1. The minimum Gasteiger partial charge on any atom is -0.469 e. The number of amides is 2. The molecule has 0 fully saturated rings. The van der Waals surface area contributed by atoms with Gasteiger partial charge < -0.3 is 30.8 Å². The lowest BCUT2D eigenvalue weighted by atomic mass is 10.0. The first-order chi connectivity index (χ1) is 18.8. The predicted molar refractivity (Wildman–Crippen MR) is 149 cm³/mol. The van der Waals surface area contributed by atoms with E-state index in [0.717, 1.165) is 18.4 Å². The summed E-state index contributed by atoms with van der Waals surface area (Å²) < 4.78 is 11.3. The highest BCUT2D eigenvalue weighted by Crippen LogP contribution is 2.17. The molecule has 5 N–H and O–H groups in total. The highest BCUT2D eigenvalue weighted by atomic mass is 16.5. The molecule has 39 heavy (non-hydrogen) atoms. The molecule has 2 aromatic carbocycles. The molecular weight excluding hydrogens is 496 g/mol. The van der Waals surface area contributed by atoms with E-state index in [4.69, 9.17) is 20.6 Å². The minimum atomic E-state index is -0.744. The molecule has 0 saturated heterocycles. The van der Waals surface area contributed by atoms with Crippen LogP contribution >= 0.6 is 0 Å². The summed E-state index contributed by atoms with van der Waals surface area (Å²) in [5.74, 6) is -1.05. The number of ether oxygens (including phenoxy) is 1. The van der Waals surface area contributed by atoms with E-state index < -0.39 is 24.0 Å². The molecule has 0 bridgehead atoms. The third kappa shape index (κ3) is 8.80. The van der Waals surface area contributed by atoms with Gasteiger partial charge in [0.1, 0.15) is 11.9 Å². The standard InChI is InChI=1S/C30H38N4O5/c1-3-12-34(13-4-2)29(36)23-15-22(28(32)35)16-24(17-23)30(37)39-27(26(31)18-25-11-8-14-38-25)20-33-19-21-9-6-5-7-10-21/h5-11,14-17,26-27,33H,3-4,12-13,18-20,31H2,1-2H3,(H2,32,35)/t26-,27+/m0/s1. The maximum atomic E-state index is 13.4. The van der Waals surface area contributed by atoms with Crippen LogP contribution in [-0.4, -0.2) is 54.5 Å². The van der Waals surface area contributed by atoms with E-state index in [1.807, 2.05) is 50.2 Å². The lowest BCUT2D eigenvalue weighted by Crippen LogP contribution is -2.45. The maximum Gasteiger partial charge on any atom is 0.338 e. The van der Waals surface area contributed by atoms with Crippen molar-refractivity contribution in [2.45, 2.75) is 51.8 Å². The van der Waals surface area contributed by atoms with E-state index in [9.17, 15) is 14.4 Å². The molecule has 0 radical (unpaired) electrons. The van der Waals surface area contributed by atoms with Gasteiger partial charge in [0.2, 0.25) is 5.91 Å². The van der Waals surface area contributed by atoms with Crippen LogP contribution < -0.4 is 16.8 Å². The van der Waals surface area contributed by atoms with Crippen molar-refractivity contribution in [3.63, 3.8) is 0 Å². The predicted octanol–water partition coefficient (Wildman–Crippen LogP) is 3.53. The second-order valence-electron chi connectivity index (χ2n) is 9.46. The zero-order chi connectivity index (χ0) is 28.2. The van der Waals surface area contributed by atoms with Gasteiger partial charge in [0.25, 0.3) is 5.91 Å². The molecule has 0 spiro atoms. The van der Waals surface area contributed by atoms with Crippen molar-refractivity contribution in [3.05, 3.63) is 94.9 Å². The molecule has 208 valence electrons. The number of hydrogen-bond donors (Lipinski definition) is 3. The number of carbonyl (C=O) groups is 3. The zero-order valence-corrected chi connectivity index (χ0v) is 22.6. The number of nitrogens with one attached hydrogen (secondary N) is 1. The summed E-state index contributed by atoms with van der Waals surface area (Å²) in [6, 6.07) is 17.0. The second kappa shape index (κ2) is 14.8. The first-order valence-corrected chi connectivity index (χ1v) is 13.3. The molecule has 0 aliphatic heterocycles. The van der Waals surface area contributed by atoms with Crippen LogP contribution in [0.5, 0.6) is 0 Å². The first kappa shape index (κ1) is 29.6. The lowest BCUT2D eigenvalue weighted by molar-refractivity contribution is 0.0234. The Bertz CT molecular complexity index is 1210. The summed E-state index contributed by atoms with van der Waals surface area (Å²) in [6.45, 7) is 5.93. The van der Waals surface area contributed by atoms with Gasteiger partial charge in [-0.15, -0.1) is 0 Å². The fourth-order valence-electron chi connectivity index (χ4n) is 4.28. The van der Waals surface area contributed by atoms with Crippen LogP contribution in [-0.2, 0) is 17.7 Å². The van der Waals surface area contributed by atoms with Crippen LogP contribution in [0.15, 0.2) is 71.3 Å². The van der Waals surface area contributed by atoms with Crippen LogP contribution in [0.1, 0.15) is 69.1 Å². The smallest absolute Gasteiger partial charge is 0.338 e. The Morgan fingerprint density at radius 3 is 2.23 bits per heavy atom. The zero-order valence-electron chi connectivity index (χ0n) is 22.6. The SMILES string of the molecule is CCCN(CCC)C(=O)c1cc(C(N)=O)cc(C(=O)O[C@H](CNCc2ccccc2)[C@@H](N)Cc2ccco2)c1. The molecule has 0 aliphatic carbocycles. The van der Waals surface area contributed by atoms with Gasteiger partial charge in [-0.25, -0.2) is 4.79 Å². The average molecular weight is 535 g/mol. The molecule has 9 heteroatoms. The molecule has 2 amide bonds. The summed E-state index contributed by atoms with van der Waals surface area (Å²) in [5, 5.41) is 3.30. The van der Waals surface area contributed by atoms with Crippen LogP contribution in [0.4, 0.5) is 0 Å². The van der Waals surface area contributed by atoms with Gasteiger partial charge in [-0.3, -0.25) is 9.59 Å². The monoisotopic (exact) mass is 534 g/mol. The van der Waals surface area contributed by atoms with Crippen molar-refractivity contribution in [1.29, 1.82) is 0 Å². The lowest BCUT2D eigenvalue weighted by Gasteiger charge is -2.25. The molecule has 3 rings (SSSR count). The number of primary amides is 1. The van der Waals surface area contributed by atoms with E-state index >= 15 is 0 Å². The van der Waals surface area contributed by atoms with Crippen LogP contribution in [0.3, 0.4) is 0 Å². The molecule has 0 saturated carbocycles. The fourth-order valence-corrected chi connectivity index (χ4v) is 4.28. The van der Waals surface area contributed by atoms with Crippen LogP contribution in [0, 0.1) is 0 Å². The summed E-state index contributed by atoms with van der Waals surface area (Å²) >= 11 is 0. The van der Waals surface area contributed by atoms with Crippen LogP contribution in [0.25, 0.3) is 0 Å². The molecule has 1 aromatic heterocycles. The fraction of sp³-hybridized carbons (Fsp3) is 0.367. The summed E-state index contributed by atoms with van der Waals surface area (Å²) in [5.41, 5.74) is 13.4. The number of carbonyl (C=O) groups excluding carboxylic acids is 3. The molecule has 1 heterocycles. The Kier molecular flexibility index (Phi) is 11.3. The van der Waals surface area contributed by atoms with Crippen LogP contribution in [0.2, 0.25) is 0 Å². The largest absolute Gasteiger partial charge is 0.469 e. The topological polar surface area (TPSA) is 141 Å². The average Bonchev–Trinajstić information content (AvgIpc) is 3.45. The summed E-state index contributed by atoms with van der Waals surface area (Å²) in [4.78, 5) is 40.4. The number of furan rings is 1. The summed E-state index contributed by atoms with van der Waals surface area (Å²) in [6.07, 6.45) is 2.75. The molecule has 0 unspecified atom stereocenters. The molecular formula is C30H38N4O5. The third-order valence-electron chi connectivity index (χ3n) is 6.24. The van der Waals surface area contributed by atoms with Gasteiger partial charge in [0.15, 0.2) is 0 Å². The van der Waals surface area contributed by atoms with Gasteiger partial charge in [0.05, 0.1) is 11.8 Å². The van der Waals surface area contributed by atoms with E-state index in [0.29, 0.717) is 31.8 Å². The Hall–Kier alpha value is -3.95. The number of benzene rings is 2. The quantitative estimate of drug-likeness (QED) is 0.253. The Morgan fingerprint density at radius 2 is 1.62 bits per heavy atom. The highest BCUT2D eigenvalue weighted by Gasteiger charge is 2.26. The van der Waals surface area contributed by atoms with Crippen molar-refractivity contribution >= 4 is 17.8 Å². The van der Waals surface area contributed by atoms with E-state index in [2.05, 4.69) is 5.32 Å². The minimum absolute atomic E-state index is 0.0550. The second-order valence-corrected chi connectivity index (χ2v) is 9.46. The number of rotatable bonds is 15.